The first kappa shape index (κ1) is 26.0. The van der Waals surface area contributed by atoms with Gasteiger partial charge in [-0.1, -0.05) is 44.2 Å². The van der Waals surface area contributed by atoms with Crippen molar-refractivity contribution in [3.05, 3.63) is 59.5 Å². The standard InChI is InChI=1S/C27H39N3O4/c1-22(2)18-26(31)29(13-7-12-28-14-16-33-17-15-28)21-27(32)30(19-24-8-5-4-6-9-24)20-25-11-10-23(3)34-25/h4-6,8-11,22H,7,12-21H2,1-3H3. The van der Waals surface area contributed by atoms with Crippen molar-refractivity contribution in [2.24, 2.45) is 5.92 Å². The smallest absolute Gasteiger partial charge is 0.242 e. The van der Waals surface area contributed by atoms with Crippen LogP contribution in [0.5, 0.6) is 0 Å². The highest BCUT2D eigenvalue weighted by Gasteiger charge is 2.23. The van der Waals surface area contributed by atoms with Gasteiger partial charge in [0.2, 0.25) is 11.8 Å². The van der Waals surface area contributed by atoms with Gasteiger partial charge in [0.05, 0.1) is 26.3 Å². The Hall–Kier alpha value is -2.64. The van der Waals surface area contributed by atoms with Crippen molar-refractivity contribution in [3.8, 4) is 0 Å². The lowest BCUT2D eigenvalue weighted by Gasteiger charge is -2.30. The van der Waals surface area contributed by atoms with Gasteiger partial charge in [0.1, 0.15) is 11.5 Å². The van der Waals surface area contributed by atoms with Crippen molar-refractivity contribution in [3.63, 3.8) is 0 Å². The normalized spacial score (nSPS) is 14.4. The Bertz CT molecular complexity index is 890. The lowest BCUT2D eigenvalue weighted by Crippen LogP contribution is -2.44. The number of aryl methyl sites for hydroxylation is 1. The summed E-state index contributed by atoms with van der Waals surface area (Å²) in [5.41, 5.74) is 1.05. The number of furan rings is 1. The van der Waals surface area contributed by atoms with E-state index < -0.39 is 0 Å². The lowest BCUT2D eigenvalue weighted by atomic mass is 10.1. The number of ether oxygens (including phenoxy) is 1. The van der Waals surface area contributed by atoms with Gasteiger partial charge < -0.3 is 19.0 Å². The molecule has 0 atom stereocenters. The molecular weight excluding hydrogens is 430 g/mol. The third-order valence-electron chi connectivity index (χ3n) is 5.98. The fourth-order valence-corrected chi connectivity index (χ4v) is 4.14. The maximum absolute atomic E-state index is 13.5. The van der Waals surface area contributed by atoms with E-state index in [0.29, 0.717) is 26.1 Å². The number of carbonyl (C=O) groups excluding carboxylic acids is 2. The van der Waals surface area contributed by atoms with Crippen molar-refractivity contribution in [2.45, 2.75) is 46.7 Å². The highest BCUT2D eigenvalue weighted by atomic mass is 16.5. The van der Waals surface area contributed by atoms with Gasteiger partial charge in [-0.3, -0.25) is 14.5 Å². The molecule has 1 saturated heterocycles. The van der Waals surface area contributed by atoms with Crippen molar-refractivity contribution in [2.75, 3.05) is 45.9 Å². The minimum Gasteiger partial charge on any atom is -0.464 e. The molecule has 3 rings (SSSR count). The van der Waals surface area contributed by atoms with E-state index in [0.717, 1.165) is 56.4 Å². The maximum Gasteiger partial charge on any atom is 0.242 e. The summed E-state index contributed by atoms with van der Waals surface area (Å²) in [7, 11) is 0. The van der Waals surface area contributed by atoms with E-state index in [1.165, 1.54) is 0 Å². The molecule has 2 amide bonds. The maximum atomic E-state index is 13.5. The first-order valence-electron chi connectivity index (χ1n) is 12.4. The van der Waals surface area contributed by atoms with Crippen molar-refractivity contribution < 1.29 is 18.7 Å². The SMILES string of the molecule is Cc1ccc(CN(Cc2ccccc2)C(=O)CN(CCCN2CCOCC2)C(=O)CC(C)C)o1. The topological polar surface area (TPSA) is 66.2 Å². The summed E-state index contributed by atoms with van der Waals surface area (Å²) in [4.78, 5) is 32.4. The van der Waals surface area contributed by atoms with Gasteiger partial charge in [0, 0.05) is 39.1 Å². The second kappa shape index (κ2) is 13.3. The number of amides is 2. The molecule has 34 heavy (non-hydrogen) atoms. The predicted octanol–water partition coefficient (Wildman–Crippen LogP) is 3.71. The Morgan fingerprint density at radius 3 is 2.35 bits per heavy atom. The van der Waals surface area contributed by atoms with Crippen LogP contribution in [0.3, 0.4) is 0 Å². The molecule has 1 fully saturated rings. The quantitative estimate of drug-likeness (QED) is 0.474. The summed E-state index contributed by atoms with van der Waals surface area (Å²) in [5, 5.41) is 0. The van der Waals surface area contributed by atoms with Gasteiger partial charge in [0.25, 0.3) is 0 Å². The molecule has 2 aromatic rings. The number of rotatable bonds is 12. The Labute approximate surface area is 203 Å². The van der Waals surface area contributed by atoms with Crippen LogP contribution in [0.15, 0.2) is 46.9 Å². The van der Waals surface area contributed by atoms with Gasteiger partial charge in [-0.15, -0.1) is 0 Å². The van der Waals surface area contributed by atoms with Gasteiger partial charge in [0.15, 0.2) is 0 Å². The molecule has 1 aliphatic heterocycles. The Balaban J connectivity index is 1.67. The van der Waals surface area contributed by atoms with Gasteiger partial charge >= 0.3 is 0 Å². The fourth-order valence-electron chi connectivity index (χ4n) is 4.14. The summed E-state index contributed by atoms with van der Waals surface area (Å²) < 4.78 is 11.2. The van der Waals surface area contributed by atoms with E-state index in [2.05, 4.69) is 4.90 Å². The molecule has 7 heteroatoms. The van der Waals surface area contributed by atoms with Crippen LogP contribution in [0.25, 0.3) is 0 Å². The molecular formula is C27H39N3O4. The highest BCUT2D eigenvalue weighted by molar-refractivity contribution is 5.85. The Kier molecular flexibility index (Phi) is 10.2. The van der Waals surface area contributed by atoms with E-state index in [-0.39, 0.29) is 24.3 Å². The molecule has 1 aromatic carbocycles. The minimum atomic E-state index is -0.0682. The third-order valence-corrected chi connectivity index (χ3v) is 5.98. The highest BCUT2D eigenvalue weighted by Crippen LogP contribution is 2.15. The van der Waals surface area contributed by atoms with Crippen LogP contribution in [-0.2, 0) is 27.4 Å². The van der Waals surface area contributed by atoms with Crippen molar-refractivity contribution in [1.82, 2.24) is 14.7 Å². The molecule has 0 saturated carbocycles. The average molecular weight is 470 g/mol. The van der Waals surface area contributed by atoms with Crippen molar-refractivity contribution >= 4 is 11.8 Å². The Morgan fingerprint density at radius 1 is 0.971 bits per heavy atom. The van der Waals surface area contributed by atoms with Crippen molar-refractivity contribution in [1.29, 1.82) is 0 Å². The first-order chi connectivity index (χ1) is 16.4. The van der Waals surface area contributed by atoms with Crippen LogP contribution in [0.4, 0.5) is 0 Å². The molecule has 0 N–H and O–H groups in total. The van der Waals surface area contributed by atoms with Gasteiger partial charge in [-0.05, 0) is 37.0 Å². The summed E-state index contributed by atoms with van der Waals surface area (Å²) in [6.07, 6.45) is 1.29. The number of morpholine rings is 1. The van der Waals surface area contributed by atoms with Gasteiger partial charge in [-0.2, -0.15) is 0 Å². The summed E-state index contributed by atoms with van der Waals surface area (Å²) in [6, 6.07) is 13.7. The molecule has 0 aliphatic carbocycles. The van der Waals surface area contributed by atoms with Crippen LogP contribution in [0, 0.1) is 12.8 Å². The van der Waals surface area contributed by atoms with Crippen LogP contribution in [0.1, 0.15) is 43.8 Å². The van der Waals surface area contributed by atoms with E-state index in [1.54, 1.807) is 9.80 Å². The van der Waals surface area contributed by atoms with Crippen LogP contribution in [0.2, 0.25) is 0 Å². The second-order valence-corrected chi connectivity index (χ2v) is 9.47. The zero-order chi connectivity index (χ0) is 24.3. The summed E-state index contributed by atoms with van der Waals surface area (Å²) >= 11 is 0. The number of carbonyl (C=O) groups is 2. The zero-order valence-corrected chi connectivity index (χ0v) is 20.9. The predicted molar refractivity (Wildman–Crippen MR) is 132 cm³/mol. The largest absolute Gasteiger partial charge is 0.464 e. The lowest BCUT2D eigenvalue weighted by molar-refractivity contribution is -0.142. The number of benzene rings is 1. The Morgan fingerprint density at radius 2 is 1.71 bits per heavy atom. The van der Waals surface area contributed by atoms with E-state index in [1.807, 2.05) is 63.2 Å². The molecule has 0 unspecified atom stereocenters. The molecule has 7 nitrogen and oxygen atoms in total. The van der Waals surface area contributed by atoms with Crippen LogP contribution < -0.4 is 0 Å². The monoisotopic (exact) mass is 469 g/mol. The van der Waals surface area contributed by atoms with E-state index in [9.17, 15) is 9.59 Å². The molecule has 186 valence electrons. The molecule has 0 spiro atoms. The van der Waals surface area contributed by atoms with Crippen LogP contribution in [-0.4, -0.2) is 72.5 Å². The average Bonchev–Trinajstić information content (AvgIpc) is 3.23. The molecule has 1 aromatic heterocycles. The van der Waals surface area contributed by atoms with E-state index in [4.69, 9.17) is 9.15 Å². The second-order valence-electron chi connectivity index (χ2n) is 9.47. The minimum absolute atomic E-state index is 0.0406. The summed E-state index contributed by atoms with van der Waals surface area (Å²) in [6.45, 7) is 11.7. The molecule has 2 heterocycles. The fraction of sp³-hybridized carbons (Fsp3) is 0.556. The first-order valence-corrected chi connectivity index (χ1v) is 12.4. The zero-order valence-electron chi connectivity index (χ0n) is 20.9. The van der Waals surface area contributed by atoms with Gasteiger partial charge in [-0.25, -0.2) is 0 Å². The number of hydrogen-bond acceptors (Lipinski definition) is 5. The number of nitrogens with zero attached hydrogens (tertiary/aromatic N) is 3. The third kappa shape index (κ3) is 8.61. The molecule has 0 radical (unpaired) electrons. The molecule has 0 bridgehead atoms. The molecule has 1 aliphatic rings. The van der Waals surface area contributed by atoms with Crippen LogP contribution >= 0.6 is 0 Å². The van der Waals surface area contributed by atoms with E-state index >= 15 is 0 Å². The number of hydrogen-bond donors (Lipinski definition) is 0. The summed E-state index contributed by atoms with van der Waals surface area (Å²) in [5.74, 6) is 1.78.